The van der Waals surface area contributed by atoms with Crippen LogP contribution in [0.4, 0.5) is 0 Å². The smallest absolute Gasteiger partial charge is 0.328 e. The van der Waals surface area contributed by atoms with Gasteiger partial charge < -0.3 is 15.8 Å². The molecule has 20 heavy (non-hydrogen) atoms. The van der Waals surface area contributed by atoms with Crippen LogP contribution in [0.1, 0.15) is 38.3 Å². The van der Waals surface area contributed by atoms with Gasteiger partial charge in [0.1, 0.15) is 6.04 Å². The highest BCUT2D eigenvalue weighted by Crippen LogP contribution is 2.14. The second-order valence-corrected chi connectivity index (χ2v) is 4.60. The quantitative estimate of drug-likeness (QED) is 0.741. The van der Waals surface area contributed by atoms with Crippen molar-refractivity contribution in [3.63, 3.8) is 0 Å². The standard InChI is InChI=1S/C15H22N2O3/c1-3-20-15(19)11(2)17-14(18)10-9-13(16)12-7-5-4-6-8-12/h4-8,11,13H,3,9-10,16H2,1-2H3,(H,17,18). The molecular weight excluding hydrogens is 256 g/mol. The summed E-state index contributed by atoms with van der Waals surface area (Å²) in [4.78, 5) is 23.1. The number of ether oxygens (including phenoxy) is 1. The first-order chi connectivity index (χ1) is 9.54. The van der Waals surface area contributed by atoms with Crippen LogP contribution in [0.2, 0.25) is 0 Å². The summed E-state index contributed by atoms with van der Waals surface area (Å²) in [5, 5.41) is 2.60. The first-order valence-electron chi connectivity index (χ1n) is 6.81. The van der Waals surface area contributed by atoms with Gasteiger partial charge in [-0.05, 0) is 25.8 Å². The fourth-order valence-corrected chi connectivity index (χ4v) is 1.79. The molecule has 1 aromatic rings. The van der Waals surface area contributed by atoms with Crippen molar-refractivity contribution >= 4 is 11.9 Å². The molecular formula is C15H22N2O3. The summed E-state index contributed by atoms with van der Waals surface area (Å²) >= 11 is 0. The number of hydrogen-bond acceptors (Lipinski definition) is 4. The first-order valence-corrected chi connectivity index (χ1v) is 6.81. The molecule has 0 aromatic heterocycles. The van der Waals surface area contributed by atoms with Crippen LogP contribution in [0.5, 0.6) is 0 Å². The maximum absolute atomic E-state index is 11.7. The minimum Gasteiger partial charge on any atom is -0.464 e. The Morgan fingerprint density at radius 3 is 2.55 bits per heavy atom. The zero-order valence-corrected chi connectivity index (χ0v) is 12.0. The van der Waals surface area contributed by atoms with Crippen molar-refractivity contribution in [2.24, 2.45) is 5.73 Å². The van der Waals surface area contributed by atoms with Gasteiger partial charge in [0, 0.05) is 12.5 Å². The molecule has 0 fully saturated rings. The van der Waals surface area contributed by atoms with Crippen molar-refractivity contribution in [2.75, 3.05) is 6.61 Å². The van der Waals surface area contributed by atoms with Gasteiger partial charge in [0.2, 0.25) is 5.91 Å². The third-order valence-corrected chi connectivity index (χ3v) is 2.93. The number of carbonyl (C=O) groups is 2. The fourth-order valence-electron chi connectivity index (χ4n) is 1.79. The van der Waals surface area contributed by atoms with Crippen LogP contribution in [0, 0.1) is 0 Å². The van der Waals surface area contributed by atoms with Crippen molar-refractivity contribution < 1.29 is 14.3 Å². The number of amides is 1. The maximum Gasteiger partial charge on any atom is 0.328 e. The number of rotatable bonds is 7. The highest BCUT2D eigenvalue weighted by molar-refractivity contribution is 5.84. The van der Waals surface area contributed by atoms with Gasteiger partial charge in [-0.2, -0.15) is 0 Å². The van der Waals surface area contributed by atoms with Gasteiger partial charge in [0.25, 0.3) is 0 Å². The summed E-state index contributed by atoms with van der Waals surface area (Å²) in [7, 11) is 0. The van der Waals surface area contributed by atoms with Crippen molar-refractivity contribution in [3.05, 3.63) is 35.9 Å². The molecule has 0 saturated heterocycles. The highest BCUT2D eigenvalue weighted by atomic mass is 16.5. The van der Waals surface area contributed by atoms with Gasteiger partial charge in [-0.25, -0.2) is 4.79 Å². The Labute approximate surface area is 119 Å². The normalized spacial score (nSPS) is 13.3. The zero-order valence-electron chi connectivity index (χ0n) is 12.0. The Morgan fingerprint density at radius 2 is 1.95 bits per heavy atom. The van der Waals surface area contributed by atoms with Crippen LogP contribution in [0.3, 0.4) is 0 Å². The molecule has 0 spiro atoms. The van der Waals surface area contributed by atoms with Gasteiger partial charge in [-0.3, -0.25) is 4.79 Å². The van der Waals surface area contributed by atoms with Crippen LogP contribution >= 0.6 is 0 Å². The summed E-state index contributed by atoms with van der Waals surface area (Å²) in [6.07, 6.45) is 0.811. The number of hydrogen-bond donors (Lipinski definition) is 2. The lowest BCUT2D eigenvalue weighted by Crippen LogP contribution is -2.39. The van der Waals surface area contributed by atoms with Gasteiger partial charge >= 0.3 is 5.97 Å². The van der Waals surface area contributed by atoms with Crippen LogP contribution in [-0.2, 0) is 14.3 Å². The van der Waals surface area contributed by atoms with E-state index in [-0.39, 0.29) is 18.4 Å². The number of benzene rings is 1. The maximum atomic E-state index is 11.7. The molecule has 3 N–H and O–H groups in total. The van der Waals surface area contributed by atoms with E-state index in [0.29, 0.717) is 13.0 Å². The largest absolute Gasteiger partial charge is 0.464 e. The fraction of sp³-hybridized carbons (Fsp3) is 0.467. The zero-order chi connectivity index (χ0) is 15.0. The van der Waals surface area contributed by atoms with Gasteiger partial charge in [0.05, 0.1) is 6.61 Å². The topological polar surface area (TPSA) is 81.4 Å². The third-order valence-electron chi connectivity index (χ3n) is 2.93. The van der Waals surface area contributed by atoms with Gasteiger partial charge in [0.15, 0.2) is 0 Å². The number of esters is 1. The summed E-state index contributed by atoms with van der Waals surface area (Å²) in [6, 6.07) is 8.81. The molecule has 0 aliphatic carbocycles. The third kappa shape index (κ3) is 5.40. The predicted octanol–water partition coefficient (Wildman–Crippen LogP) is 1.53. The lowest BCUT2D eigenvalue weighted by atomic mass is 10.0. The van der Waals surface area contributed by atoms with Crippen LogP contribution in [-0.4, -0.2) is 24.5 Å². The molecule has 110 valence electrons. The molecule has 0 saturated carbocycles. The molecule has 0 heterocycles. The molecule has 1 aromatic carbocycles. The van der Waals surface area contributed by atoms with E-state index in [1.165, 1.54) is 0 Å². The van der Waals surface area contributed by atoms with E-state index >= 15 is 0 Å². The Kier molecular flexibility index (Phi) is 6.73. The van der Waals surface area contributed by atoms with Crippen molar-refractivity contribution in [2.45, 2.75) is 38.8 Å². The molecule has 0 radical (unpaired) electrons. The molecule has 0 aliphatic heterocycles. The Balaban J connectivity index is 2.34. The number of nitrogens with two attached hydrogens (primary N) is 1. The van der Waals surface area contributed by atoms with Crippen molar-refractivity contribution in [1.82, 2.24) is 5.32 Å². The average molecular weight is 278 g/mol. The Hall–Kier alpha value is -1.88. The van der Waals surface area contributed by atoms with E-state index in [9.17, 15) is 9.59 Å². The summed E-state index contributed by atoms with van der Waals surface area (Å²) < 4.78 is 4.82. The average Bonchev–Trinajstić information content (AvgIpc) is 2.45. The van der Waals surface area contributed by atoms with E-state index in [1.54, 1.807) is 13.8 Å². The molecule has 1 rings (SSSR count). The molecule has 0 bridgehead atoms. The summed E-state index contributed by atoms with van der Waals surface area (Å²) in [5.74, 6) is -0.620. The van der Waals surface area contributed by atoms with Crippen molar-refractivity contribution in [3.8, 4) is 0 Å². The van der Waals surface area contributed by atoms with E-state index in [1.807, 2.05) is 30.3 Å². The second-order valence-electron chi connectivity index (χ2n) is 4.60. The lowest BCUT2D eigenvalue weighted by molar-refractivity contribution is -0.146. The second kappa shape index (κ2) is 8.32. The Morgan fingerprint density at radius 1 is 1.30 bits per heavy atom. The van der Waals surface area contributed by atoms with E-state index < -0.39 is 12.0 Å². The molecule has 5 heteroatoms. The van der Waals surface area contributed by atoms with Crippen LogP contribution in [0.25, 0.3) is 0 Å². The number of carbonyl (C=O) groups excluding carboxylic acids is 2. The van der Waals surface area contributed by atoms with E-state index in [0.717, 1.165) is 5.56 Å². The van der Waals surface area contributed by atoms with Crippen LogP contribution in [0.15, 0.2) is 30.3 Å². The monoisotopic (exact) mass is 278 g/mol. The van der Waals surface area contributed by atoms with E-state index in [4.69, 9.17) is 10.5 Å². The van der Waals surface area contributed by atoms with Gasteiger partial charge in [-0.1, -0.05) is 30.3 Å². The SMILES string of the molecule is CCOC(=O)C(C)NC(=O)CCC(N)c1ccccc1. The molecule has 1 amide bonds. The molecule has 5 nitrogen and oxygen atoms in total. The van der Waals surface area contributed by atoms with Gasteiger partial charge in [-0.15, -0.1) is 0 Å². The van der Waals surface area contributed by atoms with Crippen molar-refractivity contribution in [1.29, 1.82) is 0 Å². The number of nitrogens with one attached hydrogen (secondary N) is 1. The summed E-state index contributed by atoms with van der Waals surface area (Å²) in [5.41, 5.74) is 7.01. The predicted molar refractivity (Wildman–Crippen MR) is 76.8 cm³/mol. The molecule has 0 aliphatic rings. The minimum absolute atomic E-state index is 0.181. The molecule has 2 unspecified atom stereocenters. The molecule has 2 atom stereocenters. The highest BCUT2D eigenvalue weighted by Gasteiger charge is 2.17. The summed E-state index contributed by atoms with van der Waals surface area (Å²) in [6.45, 7) is 3.64. The first kappa shape index (κ1) is 16.2. The minimum atomic E-state index is -0.629. The lowest BCUT2D eigenvalue weighted by Gasteiger charge is -2.14. The van der Waals surface area contributed by atoms with E-state index in [2.05, 4.69) is 5.32 Å². The van der Waals surface area contributed by atoms with Crippen LogP contribution < -0.4 is 11.1 Å². The Bertz CT molecular complexity index is 434.